The van der Waals surface area contributed by atoms with E-state index in [1.54, 1.807) is 0 Å². The number of aryl methyl sites for hydroxylation is 3. The number of benzene rings is 1. The van der Waals surface area contributed by atoms with Gasteiger partial charge in [-0.2, -0.15) is 0 Å². The molecular formula is C19H27NO4. The van der Waals surface area contributed by atoms with Crippen LogP contribution in [-0.2, 0) is 20.7 Å². The third kappa shape index (κ3) is 4.81. The van der Waals surface area contributed by atoms with Crippen LogP contribution in [-0.4, -0.2) is 36.7 Å². The Morgan fingerprint density at radius 3 is 2.33 bits per heavy atom. The zero-order valence-corrected chi connectivity index (χ0v) is 14.7. The Morgan fingerprint density at radius 2 is 1.79 bits per heavy atom. The first kappa shape index (κ1) is 18.5. The SMILES string of the molecule is Cc1cc(C)c(CC(=O)NCC(C(=O)O)C2CCOCC2)c(C)c1. The van der Waals surface area contributed by atoms with E-state index < -0.39 is 11.9 Å². The van der Waals surface area contributed by atoms with E-state index in [0.717, 1.165) is 29.5 Å². The Bertz CT molecular complexity index is 582. The molecule has 0 saturated carbocycles. The fourth-order valence-electron chi connectivity index (χ4n) is 3.51. The number of carbonyl (C=O) groups is 2. The maximum absolute atomic E-state index is 12.3. The molecule has 132 valence electrons. The molecule has 1 atom stereocenters. The van der Waals surface area contributed by atoms with Gasteiger partial charge in [-0.05, 0) is 56.2 Å². The van der Waals surface area contributed by atoms with Crippen molar-refractivity contribution in [1.29, 1.82) is 0 Å². The summed E-state index contributed by atoms with van der Waals surface area (Å²) in [6.45, 7) is 7.43. The average Bonchev–Trinajstić information content (AvgIpc) is 2.51. The van der Waals surface area contributed by atoms with Gasteiger partial charge in [0.05, 0.1) is 12.3 Å². The predicted molar refractivity (Wildman–Crippen MR) is 92.0 cm³/mol. The minimum absolute atomic E-state index is 0.0689. The van der Waals surface area contributed by atoms with Crippen molar-refractivity contribution in [3.63, 3.8) is 0 Å². The lowest BCUT2D eigenvalue weighted by molar-refractivity contribution is -0.144. The highest BCUT2D eigenvalue weighted by Crippen LogP contribution is 2.24. The lowest BCUT2D eigenvalue weighted by atomic mass is 9.86. The number of nitrogens with one attached hydrogen (secondary N) is 1. The average molecular weight is 333 g/mol. The van der Waals surface area contributed by atoms with E-state index in [-0.39, 0.29) is 24.8 Å². The van der Waals surface area contributed by atoms with Crippen LogP contribution in [0.15, 0.2) is 12.1 Å². The molecule has 5 nitrogen and oxygen atoms in total. The van der Waals surface area contributed by atoms with Gasteiger partial charge in [-0.15, -0.1) is 0 Å². The largest absolute Gasteiger partial charge is 0.481 e. The molecule has 1 aliphatic heterocycles. The first-order valence-corrected chi connectivity index (χ1v) is 8.52. The summed E-state index contributed by atoms with van der Waals surface area (Å²) in [6.07, 6.45) is 1.77. The molecule has 5 heteroatoms. The molecule has 0 aliphatic carbocycles. The molecule has 1 heterocycles. The van der Waals surface area contributed by atoms with Crippen LogP contribution in [0.5, 0.6) is 0 Å². The zero-order chi connectivity index (χ0) is 17.7. The third-order valence-electron chi connectivity index (χ3n) is 4.85. The molecule has 1 fully saturated rings. The van der Waals surface area contributed by atoms with E-state index in [0.29, 0.717) is 13.2 Å². The molecule has 2 N–H and O–H groups in total. The van der Waals surface area contributed by atoms with Crippen molar-refractivity contribution in [2.45, 2.75) is 40.0 Å². The lowest BCUT2D eigenvalue weighted by Crippen LogP contribution is -2.39. The minimum Gasteiger partial charge on any atom is -0.481 e. The molecule has 0 radical (unpaired) electrons. The fraction of sp³-hybridized carbons (Fsp3) is 0.579. The number of carboxylic acid groups (broad SMARTS) is 1. The predicted octanol–water partition coefficient (Wildman–Crippen LogP) is 2.40. The van der Waals surface area contributed by atoms with E-state index in [9.17, 15) is 14.7 Å². The van der Waals surface area contributed by atoms with Crippen molar-refractivity contribution in [1.82, 2.24) is 5.32 Å². The molecule has 0 spiro atoms. The molecule has 1 unspecified atom stereocenters. The van der Waals surface area contributed by atoms with Crippen LogP contribution in [0.3, 0.4) is 0 Å². The monoisotopic (exact) mass is 333 g/mol. The van der Waals surface area contributed by atoms with Crippen LogP contribution in [0, 0.1) is 32.6 Å². The highest BCUT2D eigenvalue weighted by Gasteiger charge is 2.30. The Hall–Kier alpha value is -1.88. The molecule has 2 rings (SSSR count). The van der Waals surface area contributed by atoms with E-state index in [4.69, 9.17) is 4.74 Å². The zero-order valence-electron chi connectivity index (χ0n) is 14.7. The van der Waals surface area contributed by atoms with Crippen LogP contribution in [0.4, 0.5) is 0 Å². The van der Waals surface area contributed by atoms with Crippen LogP contribution < -0.4 is 5.32 Å². The van der Waals surface area contributed by atoms with Crippen molar-refractivity contribution in [3.8, 4) is 0 Å². The summed E-state index contributed by atoms with van der Waals surface area (Å²) < 4.78 is 5.29. The first-order chi connectivity index (χ1) is 11.4. The Labute approximate surface area is 143 Å². The number of aliphatic carboxylic acids is 1. The second-order valence-electron chi connectivity index (χ2n) is 6.75. The van der Waals surface area contributed by atoms with Crippen molar-refractivity contribution >= 4 is 11.9 Å². The number of carboxylic acids is 1. The fourth-order valence-corrected chi connectivity index (χ4v) is 3.51. The molecule has 0 aromatic heterocycles. The van der Waals surface area contributed by atoms with E-state index in [2.05, 4.69) is 17.4 Å². The van der Waals surface area contributed by atoms with Gasteiger partial charge in [0, 0.05) is 19.8 Å². The van der Waals surface area contributed by atoms with Crippen molar-refractivity contribution < 1.29 is 19.4 Å². The van der Waals surface area contributed by atoms with E-state index in [1.807, 2.05) is 20.8 Å². The molecular weight excluding hydrogens is 306 g/mol. The number of hydrogen-bond acceptors (Lipinski definition) is 3. The normalized spacial score (nSPS) is 16.6. The van der Waals surface area contributed by atoms with Gasteiger partial charge in [-0.25, -0.2) is 0 Å². The van der Waals surface area contributed by atoms with Crippen molar-refractivity contribution in [2.24, 2.45) is 11.8 Å². The van der Waals surface area contributed by atoms with Crippen molar-refractivity contribution in [3.05, 3.63) is 34.4 Å². The van der Waals surface area contributed by atoms with Gasteiger partial charge in [-0.3, -0.25) is 9.59 Å². The van der Waals surface area contributed by atoms with Crippen LogP contribution in [0.2, 0.25) is 0 Å². The summed E-state index contributed by atoms with van der Waals surface area (Å²) in [6, 6.07) is 4.13. The van der Waals surface area contributed by atoms with Gasteiger partial charge in [0.1, 0.15) is 0 Å². The number of ether oxygens (including phenoxy) is 1. The van der Waals surface area contributed by atoms with Gasteiger partial charge in [0.25, 0.3) is 0 Å². The van der Waals surface area contributed by atoms with Gasteiger partial charge in [0.15, 0.2) is 0 Å². The van der Waals surface area contributed by atoms with Gasteiger partial charge >= 0.3 is 5.97 Å². The molecule has 1 aromatic carbocycles. The van der Waals surface area contributed by atoms with Crippen LogP contribution in [0.25, 0.3) is 0 Å². The first-order valence-electron chi connectivity index (χ1n) is 8.52. The Balaban J connectivity index is 1.95. The molecule has 1 saturated heterocycles. The summed E-state index contributed by atoms with van der Waals surface area (Å²) in [5, 5.41) is 12.3. The third-order valence-corrected chi connectivity index (χ3v) is 4.85. The summed E-state index contributed by atoms with van der Waals surface area (Å²) in [5.74, 6) is -1.44. The molecule has 1 amide bonds. The standard InChI is InChI=1S/C19H27NO4/c1-12-8-13(2)16(14(3)9-12)10-18(21)20-11-17(19(22)23)15-4-6-24-7-5-15/h8-9,15,17H,4-7,10-11H2,1-3H3,(H,20,21)(H,22,23). The van der Waals surface area contributed by atoms with E-state index in [1.165, 1.54) is 5.56 Å². The second kappa shape index (κ2) is 8.29. The second-order valence-corrected chi connectivity index (χ2v) is 6.75. The molecule has 24 heavy (non-hydrogen) atoms. The van der Waals surface area contributed by atoms with Gasteiger partial charge in [-0.1, -0.05) is 17.7 Å². The number of carbonyl (C=O) groups excluding carboxylic acids is 1. The van der Waals surface area contributed by atoms with Gasteiger partial charge < -0.3 is 15.2 Å². The summed E-state index contributed by atoms with van der Waals surface area (Å²) in [7, 11) is 0. The number of rotatable bonds is 6. The summed E-state index contributed by atoms with van der Waals surface area (Å²) in [4.78, 5) is 23.8. The topological polar surface area (TPSA) is 75.6 Å². The molecule has 1 aliphatic rings. The highest BCUT2D eigenvalue weighted by atomic mass is 16.5. The lowest BCUT2D eigenvalue weighted by Gasteiger charge is -2.27. The Kier molecular flexibility index (Phi) is 6.37. The number of amides is 1. The van der Waals surface area contributed by atoms with Crippen LogP contribution in [0.1, 0.15) is 35.1 Å². The quantitative estimate of drug-likeness (QED) is 0.838. The summed E-state index contributed by atoms with van der Waals surface area (Å²) >= 11 is 0. The van der Waals surface area contributed by atoms with E-state index >= 15 is 0 Å². The smallest absolute Gasteiger partial charge is 0.308 e. The summed E-state index contributed by atoms with van der Waals surface area (Å²) in [5.41, 5.74) is 4.40. The van der Waals surface area contributed by atoms with Crippen LogP contribution >= 0.6 is 0 Å². The van der Waals surface area contributed by atoms with Crippen molar-refractivity contribution in [2.75, 3.05) is 19.8 Å². The Morgan fingerprint density at radius 1 is 1.21 bits per heavy atom. The van der Waals surface area contributed by atoms with Gasteiger partial charge in [0.2, 0.25) is 5.91 Å². The maximum atomic E-state index is 12.3. The molecule has 0 bridgehead atoms. The molecule has 1 aromatic rings. The minimum atomic E-state index is -0.843. The number of hydrogen-bond donors (Lipinski definition) is 2. The maximum Gasteiger partial charge on any atom is 0.308 e. The highest BCUT2D eigenvalue weighted by molar-refractivity contribution is 5.80.